The van der Waals surface area contributed by atoms with Crippen molar-refractivity contribution in [2.45, 2.75) is 70.9 Å². The van der Waals surface area contributed by atoms with Crippen molar-refractivity contribution >= 4 is 5.78 Å². The molecule has 0 radical (unpaired) electrons. The van der Waals surface area contributed by atoms with Gasteiger partial charge in [0.05, 0.1) is 0 Å². The van der Waals surface area contributed by atoms with Crippen molar-refractivity contribution in [2.75, 3.05) is 6.54 Å². The van der Waals surface area contributed by atoms with E-state index < -0.39 is 0 Å². The summed E-state index contributed by atoms with van der Waals surface area (Å²) in [4.78, 5) is 14.2. The third kappa shape index (κ3) is 3.31. The van der Waals surface area contributed by atoms with Crippen molar-refractivity contribution in [2.24, 2.45) is 5.92 Å². The van der Waals surface area contributed by atoms with Gasteiger partial charge in [0, 0.05) is 24.9 Å². The van der Waals surface area contributed by atoms with Gasteiger partial charge < -0.3 is 0 Å². The summed E-state index contributed by atoms with van der Waals surface area (Å²) in [7, 11) is 0. The van der Waals surface area contributed by atoms with Crippen LogP contribution in [-0.2, 0) is 4.79 Å². The highest BCUT2D eigenvalue weighted by molar-refractivity contribution is 5.79. The van der Waals surface area contributed by atoms with Gasteiger partial charge in [-0.2, -0.15) is 0 Å². The van der Waals surface area contributed by atoms with E-state index in [-0.39, 0.29) is 0 Å². The van der Waals surface area contributed by atoms with Gasteiger partial charge in [-0.25, -0.2) is 0 Å². The highest BCUT2D eigenvalue weighted by Gasteiger charge is 2.35. The lowest BCUT2D eigenvalue weighted by Gasteiger charge is -2.34. The van der Waals surface area contributed by atoms with Gasteiger partial charge in [-0.1, -0.05) is 13.8 Å². The third-order valence-corrected chi connectivity index (χ3v) is 3.91. The summed E-state index contributed by atoms with van der Waals surface area (Å²) in [5, 5.41) is 0. The molecule has 0 N–H and O–H groups in total. The van der Waals surface area contributed by atoms with Gasteiger partial charge in [0.25, 0.3) is 0 Å². The third-order valence-electron chi connectivity index (χ3n) is 3.91. The second-order valence-corrected chi connectivity index (χ2v) is 5.94. The summed E-state index contributed by atoms with van der Waals surface area (Å²) in [6.45, 7) is 5.79. The SMILES string of the molecule is CC(C)CCN(C1CC1)C1CCCC(=O)C1. The summed E-state index contributed by atoms with van der Waals surface area (Å²) in [6, 6.07) is 1.39. The van der Waals surface area contributed by atoms with E-state index >= 15 is 0 Å². The van der Waals surface area contributed by atoms with Crippen molar-refractivity contribution in [1.29, 1.82) is 0 Å². The standard InChI is InChI=1S/C14H25NO/c1-11(2)8-9-15(12-6-7-12)13-4-3-5-14(16)10-13/h11-13H,3-10H2,1-2H3. The van der Waals surface area contributed by atoms with E-state index in [0.29, 0.717) is 11.8 Å². The molecule has 0 aromatic rings. The normalized spacial score (nSPS) is 26.8. The molecular formula is C14H25NO. The minimum Gasteiger partial charge on any atom is -0.300 e. The molecule has 0 bridgehead atoms. The second-order valence-electron chi connectivity index (χ2n) is 5.94. The summed E-state index contributed by atoms with van der Waals surface area (Å²) in [5.41, 5.74) is 0. The van der Waals surface area contributed by atoms with Crippen LogP contribution < -0.4 is 0 Å². The average Bonchev–Trinajstić information content (AvgIpc) is 3.02. The maximum absolute atomic E-state index is 11.5. The topological polar surface area (TPSA) is 20.3 Å². The number of hydrogen-bond donors (Lipinski definition) is 0. The summed E-state index contributed by atoms with van der Waals surface area (Å²) in [6.07, 6.45) is 8.04. The molecule has 2 saturated carbocycles. The molecule has 2 heteroatoms. The van der Waals surface area contributed by atoms with E-state index in [4.69, 9.17) is 0 Å². The van der Waals surface area contributed by atoms with Crippen molar-refractivity contribution in [3.63, 3.8) is 0 Å². The maximum atomic E-state index is 11.5. The summed E-state index contributed by atoms with van der Waals surface area (Å²) in [5.74, 6) is 1.27. The molecule has 2 rings (SSSR count). The van der Waals surface area contributed by atoms with Crippen molar-refractivity contribution in [1.82, 2.24) is 4.90 Å². The Morgan fingerprint density at radius 2 is 2.00 bits per heavy atom. The minimum atomic E-state index is 0.492. The minimum absolute atomic E-state index is 0.492. The van der Waals surface area contributed by atoms with E-state index in [1.54, 1.807) is 0 Å². The van der Waals surface area contributed by atoms with Crippen LogP contribution >= 0.6 is 0 Å². The number of carbonyl (C=O) groups excluding carboxylic acids is 1. The molecular weight excluding hydrogens is 198 g/mol. The molecule has 2 aliphatic carbocycles. The Balaban J connectivity index is 1.87. The predicted molar refractivity (Wildman–Crippen MR) is 66.4 cm³/mol. The van der Waals surface area contributed by atoms with Crippen molar-refractivity contribution < 1.29 is 4.79 Å². The first-order valence-electron chi connectivity index (χ1n) is 6.94. The predicted octanol–water partition coefficient (Wildman–Crippen LogP) is 3.01. The van der Waals surface area contributed by atoms with Gasteiger partial charge >= 0.3 is 0 Å². The molecule has 0 aliphatic heterocycles. The number of nitrogens with zero attached hydrogens (tertiary/aromatic N) is 1. The van der Waals surface area contributed by atoms with Crippen molar-refractivity contribution in [3.8, 4) is 0 Å². The zero-order chi connectivity index (χ0) is 11.5. The van der Waals surface area contributed by atoms with Gasteiger partial charge in [0.2, 0.25) is 0 Å². The van der Waals surface area contributed by atoms with Crippen LogP contribution in [0.25, 0.3) is 0 Å². The quantitative estimate of drug-likeness (QED) is 0.714. The molecule has 2 fully saturated rings. The van der Waals surface area contributed by atoms with Crippen LogP contribution in [0.5, 0.6) is 0 Å². The number of ketones is 1. The maximum Gasteiger partial charge on any atom is 0.134 e. The lowest BCUT2D eigenvalue weighted by atomic mass is 9.92. The van der Waals surface area contributed by atoms with Crippen LogP contribution in [0.3, 0.4) is 0 Å². The van der Waals surface area contributed by atoms with E-state index in [9.17, 15) is 4.79 Å². The fraction of sp³-hybridized carbons (Fsp3) is 0.929. The van der Waals surface area contributed by atoms with Gasteiger partial charge in [-0.15, -0.1) is 0 Å². The second kappa shape index (κ2) is 5.31. The molecule has 0 heterocycles. The fourth-order valence-electron chi connectivity index (χ4n) is 2.76. The van der Waals surface area contributed by atoms with Crippen LogP contribution in [0.2, 0.25) is 0 Å². The van der Waals surface area contributed by atoms with E-state index in [0.717, 1.165) is 31.2 Å². The van der Waals surface area contributed by atoms with Gasteiger partial charge in [0.1, 0.15) is 5.78 Å². The summed E-state index contributed by atoms with van der Waals surface area (Å²) >= 11 is 0. The smallest absolute Gasteiger partial charge is 0.134 e. The highest BCUT2D eigenvalue weighted by Crippen LogP contribution is 2.33. The number of carbonyl (C=O) groups is 1. The Morgan fingerprint density at radius 3 is 2.56 bits per heavy atom. The fourth-order valence-corrected chi connectivity index (χ4v) is 2.76. The lowest BCUT2D eigenvalue weighted by molar-refractivity contribution is -0.122. The zero-order valence-corrected chi connectivity index (χ0v) is 10.7. The van der Waals surface area contributed by atoms with Crippen LogP contribution in [-0.4, -0.2) is 29.3 Å². The molecule has 2 nitrogen and oxygen atoms in total. The average molecular weight is 223 g/mol. The molecule has 0 aromatic carbocycles. The molecule has 1 atom stereocenters. The van der Waals surface area contributed by atoms with E-state index in [1.807, 2.05) is 0 Å². The molecule has 0 spiro atoms. The first-order chi connectivity index (χ1) is 7.66. The number of hydrogen-bond acceptors (Lipinski definition) is 2. The van der Waals surface area contributed by atoms with E-state index in [2.05, 4.69) is 18.7 Å². The molecule has 92 valence electrons. The molecule has 2 aliphatic rings. The van der Waals surface area contributed by atoms with Crippen LogP contribution in [0.1, 0.15) is 58.8 Å². The molecule has 0 aromatic heterocycles. The first-order valence-corrected chi connectivity index (χ1v) is 6.94. The number of rotatable bonds is 5. The monoisotopic (exact) mass is 223 g/mol. The molecule has 1 unspecified atom stereocenters. The Hall–Kier alpha value is -0.370. The Labute approximate surface area is 99.4 Å². The van der Waals surface area contributed by atoms with Gasteiger partial charge in [-0.05, 0) is 44.6 Å². The Bertz CT molecular complexity index is 245. The van der Waals surface area contributed by atoms with E-state index in [1.165, 1.54) is 32.2 Å². The van der Waals surface area contributed by atoms with Gasteiger partial charge in [-0.3, -0.25) is 9.69 Å². The Morgan fingerprint density at radius 1 is 1.25 bits per heavy atom. The lowest BCUT2D eigenvalue weighted by Crippen LogP contribution is -2.41. The number of Topliss-reactive ketones (excluding diaryl/α,β-unsaturated/α-hetero) is 1. The van der Waals surface area contributed by atoms with Gasteiger partial charge in [0.15, 0.2) is 0 Å². The molecule has 16 heavy (non-hydrogen) atoms. The zero-order valence-electron chi connectivity index (χ0n) is 10.7. The first kappa shape index (κ1) is 12.1. The highest BCUT2D eigenvalue weighted by atomic mass is 16.1. The van der Waals surface area contributed by atoms with Crippen LogP contribution in [0, 0.1) is 5.92 Å². The largest absolute Gasteiger partial charge is 0.300 e. The molecule has 0 amide bonds. The van der Waals surface area contributed by atoms with Crippen LogP contribution in [0.4, 0.5) is 0 Å². The van der Waals surface area contributed by atoms with Crippen LogP contribution in [0.15, 0.2) is 0 Å². The molecule has 0 saturated heterocycles. The Kier molecular flexibility index (Phi) is 4.01. The van der Waals surface area contributed by atoms with Crippen molar-refractivity contribution in [3.05, 3.63) is 0 Å². The summed E-state index contributed by atoms with van der Waals surface area (Å²) < 4.78 is 0.